The van der Waals surface area contributed by atoms with Gasteiger partial charge in [0.15, 0.2) is 0 Å². The Hall–Kier alpha value is -2.07. The molecule has 0 aromatic heterocycles. The maximum Gasteiger partial charge on any atom is 0.260 e. The van der Waals surface area contributed by atoms with Gasteiger partial charge in [0.1, 0.15) is 12.4 Å². The number of rotatable bonds is 5. The molecule has 0 amide bonds. The SMILES string of the molecule is CCc1ccc(NC(=S)OC)c(COc2ccc(C)cc2C)c1. The molecule has 0 bridgehead atoms. The van der Waals surface area contributed by atoms with Gasteiger partial charge in [-0.15, -0.1) is 0 Å². The van der Waals surface area contributed by atoms with Gasteiger partial charge in [-0.2, -0.15) is 0 Å². The van der Waals surface area contributed by atoms with Crippen molar-refractivity contribution in [3.05, 3.63) is 58.7 Å². The summed E-state index contributed by atoms with van der Waals surface area (Å²) in [6.07, 6.45) is 0.978. The third-order valence-electron chi connectivity index (χ3n) is 3.71. The van der Waals surface area contributed by atoms with Gasteiger partial charge in [0.25, 0.3) is 5.17 Å². The van der Waals surface area contributed by atoms with Gasteiger partial charge in [-0.25, -0.2) is 0 Å². The minimum Gasteiger partial charge on any atom is -0.489 e. The van der Waals surface area contributed by atoms with Gasteiger partial charge >= 0.3 is 0 Å². The molecule has 0 saturated heterocycles. The van der Waals surface area contributed by atoms with Gasteiger partial charge in [-0.3, -0.25) is 0 Å². The number of benzene rings is 2. The second-order valence-corrected chi connectivity index (χ2v) is 5.89. The summed E-state index contributed by atoms with van der Waals surface area (Å²) in [7, 11) is 1.56. The van der Waals surface area contributed by atoms with E-state index in [2.05, 4.69) is 50.4 Å². The molecule has 0 heterocycles. The molecule has 0 saturated carbocycles. The van der Waals surface area contributed by atoms with Crippen LogP contribution >= 0.6 is 12.2 Å². The van der Waals surface area contributed by atoms with Gasteiger partial charge in [-0.1, -0.05) is 36.8 Å². The summed E-state index contributed by atoms with van der Waals surface area (Å²) < 4.78 is 11.0. The summed E-state index contributed by atoms with van der Waals surface area (Å²) in [4.78, 5) is 0. The minimum atomic E-state index is 0.349. The number of nitrogens with one attached hydrogen (secondary N) is 1. The van der Waals surface area contributed by atoms with Crippen molar-refractivity contribution in [1.82, 2.24) is 0 Å². The molecule has 1 N–H and O–H groups in total. The highest BCUT2D eigenvalue weighted by molar-refractivity contribution is 7.80. The molecule has 0 aliphatic carbocycles. The lowest BCUT2D eigenvalue weighted by Crippen LogP contribution is -2.13. The number of hydrogen-bond donors (Lipinski definition) is 1. The van der Waals surface area contributed by atoms with Crippen LogP contribution < -0.4 is 10.1 Å². The number of thiocarbonyl (C=S) groups is 1. The fourth-order valence-corrected chi connectivity index (χ4v) is 2.50. The number of anilines is 1. The van der Waals surface area contributed by atoms with E-state index in [9.17, 15) is 0 Å². The van der Waals surface area contributed by atoms with E-state index < -0.39 is 0 Å². The fourth-order valence-electron chi connectivity index (χ4n) is 2.39. The Morgan fingerprint density at radius 1 is 1.13 bits per heavy atom. The maximum atomic E-state index is 6.01. The van der Waals surface area contributed by atoms with Crippen molar-refractivity contribution in [2.45, 2.75) is 33.8 Å². The first-order valence-electron chi connectivity index (χ1n) is 7.70. The van der Waals surface area contributed by atoms with E-state index in [1.807, 2.05) is 12.1 Å². The molecule has 122 valence electrons. The van der Waals surface area contributed by atoms with Crippen molar-refractivity contribution in [2.24, 2.45) is 0 Å². The summed E-state index contributed by atoms with van der Waals surface area (Å²) in [5.41, 5.74) is 5.61. The standard InChI is InChI=1S/C19H23NO2S/c1-5-15-7-8-17(20-19(23)21-4)16(11-15)12-22-18-9-6-13(2)10-14(18)3/h6-11H,5,12H2,1-4H3,(H,20,23). The lowest BCUT2D eigenvalue weighted by molar-refractivity contribution is 0.304. The second kappa shape index (κ2) is 7.97. The fraction of sp³-hybridized carbons (Fsp3) is 0.316. The van der Waals surface area contributed by atoms with Crippen LogP contribution in [0.5, 0.6) is 5.75 Å². The molecule has 23 heavy (non-hydrogen) atoms. The van der Waals surface area contributed by atoms with Gasteiger partial charge in [0, 0.05) is 11.3 Å². The summed E-state index contributed by atoms with van der Waals surface area (Å²) in [5.74, 6) is 0.901. The largest absolute Gasteiger partial charge is 0.489 e. The van der Waals surface area contributed by atoms with Gasteiger partial charge < -0.3 is 14.8 Å². The summed E-state index contributed by atoms with van der Waals surface area (Å²) >= 11 is 5.10. The monoisotopic (exact) mass is 329 g/mol. The minimum absolute atomic E-state index is 0.349. The van der Waals surface area contributed by atoms with Gasteiger partial charge in [0.05, 0.1) is 7.11 Å². The Kier molecular flexibility index (Phi) is 5.99. The smallest absolute Gasteiger partial charge is 0.260 e. The Balaban J connectivity index is 2.20. The van der Waals surface area contributed by atoms with Crippen molar-refractivity contribution in [2.75, 3.05) is 12.4 Å². The molecule has 0 radical (unpaired) electrons. The Bertz CT molecular complexity index is 698. The van der Waals surface area contributed by atoms with Crippen LogP contribution in [0.3, 0.4) is 0 Å². The van der Waals surface area contributed by atoms with Crippen molar-refractivity contribution in [3.63, 3.8) is 0 Å². The van der Waals surface area contributed by atoms with E-state index in [0.717, 1.165) is 29.0 Å². The van der Waals surface area contributed by atoms with Crippen LogP contribution in [0.25, 0.3) is 0 Å². The van der Waals surface area contributed by atoms with Crippen LogP contribution in [-0.2, 0) is 17.8 Å². The molecule has 2 aromatic rings. The first-order chi connectivity index (χ1) is 11.0. The first kappa shape index (κ1) is 17.3. The van der Waals surface area contributed by atoms with E-state index in [1.165, 1.54) is 11.1 Å². The number of hydrogen-bond acceptors (Lipinski definition) is 3. The van der Waals surface area contributed by atoms with Crippen LogP contribution in [-0.4, -0.2) is 12.3 Å². The molecular weight excluding hydrogens is 306 g/mol. The van der Waals surface area contributed by atoms with E-state index in [1.54, 1.807) is 7.11 Å². The first-order valence-corrected chi connectivity index (χ1v) is 8.11. The zero-order valence-electron chi connectivity index (χ0n) is 14.1. The zero-order valence-corrected chi connectivity index (χ0v) is 14.9. The number of aryl methyl sites for hydroxylation is 3. The molecule has 2 rings (SSSR count). The van der Waals surface area contributed by atoms with Gasteiger partial charge in [0.2, 0.25) is 0 Å². The number of methoxy groups -OCH3 is 1. The molecule has 3 nitrogen and oxygen atoms in total. The predicted octanol–water partition coefficient (Wildman–Crippen LogP) is 4.79. The Morgan fingerprint density at radius 3 is 2.57 bits per heavy atom. The van der Waals surface area contributed by atoms with E-state index >= 15 is 0 Å². The average molecular weight is 329 g/mol. The molecule has 0 fully saturated rings. The maximum absolute atomic E-state index is 6.01. The molecule has 2 aromatic carbocycles. The summed E-state index contributed by atoms with van der Waals surface area (Å²) in [6, 6.07) is 12.4. The summed E-state index contributed by atoms with van der Waals surface area (Å²) in [5, 5.41) is 3.45. The van der Waals surface area contributed by atoms with Crippen LogP contribution in [0.4, 0.5) is 5.69 Å². The molecule has 0 aliphatic heterocycles. The molecule has 0 aliphatic rings. The normalized spacial score (nSPS) is 10.3. The van der Waals surface area contributed by atoms with E-state index in [4.69, 9.17) is 21.7 Å². The highest BCUT2D eigenvalue weighted by Gasteiger charge is 2.08. The number of ether oxygens (including phenoxy) is 2. The van der Waals surface area contributed by atoms with Crippen LogP contribution in [0.15, 0.2) is 36.4 Å². The van der Waals surface area contributed by atoms with E-state index in [0.29, 0.717) is 11.8 Å². The quantitative estimate of drug-likeness (QED) is 0.799. The van der Waals surface area contributed by atoms with Crippen LogP contribution in [0.1, 0.15) is 29.2 Å². The third kappa shape index (κ3) is 4.70. The highest BCUT2D eigenvalue weighted by atomic mass is 32.1. The zero-order chi connectivity index (χ0) is 16.8. The van der Waals surface area contributed by atoms with Crippen molar-refractivity contribution in [3.8, 4) is 5.75 Å². The lowest BCUT2D eigenvalue weighted by atomic mass is 10.1. The lowest BCUT2D eigenvalue weighted by Gasteiger charge is -2.15. The molecule has 0 atom stereocenters. The van der Waals surface area contributed by atoms with Crippen molar-refractivity contribution >= 4 is 23.1 Å². The van der Waals surface area contributed by atoms with Crippen LogP contribution in [0, 0.1) is 13.8 Å². The van der Waals surface area contributed by atoms with Crippen molar-refractivity contribution < 1.29 is 9.47 Å². The molecule has 4 heteroatoms. The Labute approximate surface area is 143 Å². The van der Waals surface area contributed by atoms with Gasteiger partial charge in [-0.05, 0) is 55.7 Å². The van der Waals surface area contributed by atoms with E-state index in [-0.39, 0.29) is 0 Å². The molecule has 0 unspecified atom stereocenters. The average Bonchev–Trinajstić information content (AvgIpc) is 2.55. The topological polar surface area (TPSA) is 30.5 Å². The summed E-state index contributed by atoms with van der Waals surface area (Å²) in [6.45, 7) is 6.75. The van der Waals surface area contributed by atoms with Crippen molar-refractivity contribution in [1.29, 1.82) is 0 Å². The molecular formula is C19H23NO2S. The third-order valence-corrected chi connectivity index (χ3v) is 3.98. The predicted molar refractivity (Wildman–Crippen MR) is 99.3 cm³/mol. The second-order valence-electron chi connectivity index (χ2n) is 5.52. The highest BCUT2D eigenvalue weighted by Crippen LogP contribution is 2.24. The Morgan fingerprint density at radius 2 is 1.91 bits per heavy atom. The molecule has 0 spiro atoms. The van der Waals surface area contributed by atoms with Crippen LogP contribution in [0.2, 0.25) is 0 Å².